The van der Waals surface area contributed by atoms with E-state index in [2.05, 4.69) is 4.90 Å². The van der Waals surface area contributed by atoms with Gasteiger partial charge >= 0.3 is 0 Å². The second-order valence-corrected chi connectivity index (χ2v) is 6.52. The summed E-state index contributed by atoms with van der Waals surface area (Å²) in [6, 6.07) is 4.39. The zero-order valence-electron chi connectivity index (χ0n) is 10.4. The van der Waals surface area contributed by atoms with Crippen LogP contribution < -0.4 is 0 Å². The first-order valence-corrected chi connectivity index (χ1v) is 7.70. The number of hydrogen-bond donors (Lipinski definition) is 1. The van der Waals surface area contributed by atoms with Gasteiger partial charge in [0.05, 0.1) is 18.1 Å². The van der Waals surface area contributed by atoms with E-state index >= 15 is 0 Å². The van der Waals surface area contributed by atoms with E-state index in [4.69, 9.17) is 4.74 Å². The van der Waals surface area contributed by atoms with Crippen molar-refractivity contribution in [1.82, 2.24) is 4.90 Å². The van der Waals surface area contributed by atoms with Gasteiger partial charge in [-0.15, -0.1) is 0 Å². The van der Waals surface area contributed by atoms with Crippen LogP contribution in [0.5, 0.6) is 5.75 Å². The number of phenolic OH excluding ortho intramolecular Hbond substituents is 1. The van der Waals surface area contributed by atoms with Crippen LogP contribution in [0.25, 0.3) is 5.57 Å². The molecule has 0 aliphatic carbocycles. The third-order valence-corrected chi connectivity index (χ3v) is 4.97. The SMILES string of the molecule is O=S1(=O)C=C(CN2CCOCC2)c2cc(O)ccc21. The van der Waals surface area contributed by atoms with Crippen molar-refractivity contribution in [3.8, 4) is 5.75 Å². The molecule has 2 aliphatic heterocycles. The molecule has 0 radical (unpaired) electrons. The number of nitrogens with zero attached hydrogens (tertiary/aromatic N) is 1. The molecule has 0 spiro atoms. The maximum atomic E-state index is 12.0. The molecule has 1 N–H and O–H groups in total. The fraction of sp³-hybridized carbons (Fsp3) is 0.385. The molecule has 5 nitrogen and oxygen atoms in total. The molecule has 102 valence electrons. The number of hydrogen-bond acceptors (Lipinski definition) is 5. The van der Waals surface area contributed by atoms with Crippen molar-refractivity contribution in [2.45, 2.75) is 4.90 Å². The Hall–Kier alpha value is -1.37. The Morgan fingerprint density at radius 2 is 2.00 bits per heavy atom. The van der Waals surface area contributed by atoms with E-state index < -0.39 is 9.84 Å². The second-order valence-electron chi connectivity index (χ2n) is 4.76. The Bertz CT molecular complexity index is 630. The molecule has 2 heterocycles. The summed E-state index contributed by atoms with van der Waals surface area (Å²) in [7, 11) is -3.35. The van der Waals surface area contributed by atoms with Gasteiger partial charge in [-0.05, 0) is 23.8 Å². The molecule has 19 heavy (non-hydrogen) atoms. The van der Waals surface area contributed by atoms with Gasteiger partial charge in [-0.2, -0.15) is 0 Å². The van der Waals surface area contributed by atoms with Crippen LogP contribution in [-0.2, 0) is 14.6 Å². The van der Waals surface area contributed by atoms with Crippen LogP contribution in [0, 0.1) is 0 Å². The first-order chi connectivity index (χ1) is 9.06. The molecule has 3 rings (SSSR count). The molecule has 0 bridgehead atoms. The van der Waals surface area contributed by atoms with Crippen molar-refractivity contribution in [2.24, 2.45) is 0 Å². The molecular formula is C13H15NO4S. The van der Waals surface area contributed by atoms with Gasteiger partial charge in [-0.1, -0.05) is 0 Å². The van der Waals surface area contributed by atoms with Crippen molar-refractivity contribution in [3.63, 3.8) is 0 Å². The third-order valence-electron chi connectivity index (χ3n) is 3.41. The fourth-order valence-corrected chi connectivity index (χ4v) is 3.91. The van der Waals surface area contributed by atoms with Crippen LogP contribution in [0.15, 0.2) is 28.5 Å². The highest BCUT2D eigenvalue weighted by Crippen LogP contribution is 2.35. The Morgan fingerprint density at radius 1 is 1.26 bits per heavy atom. The predicted octanol–water partition coefficient (Wildman–Crippen LogP) is 0.853. The number of sulfone groups is 1. The van der Waals surface area contributed by atoms with Gasteiger partial charge in [-0.3, -0.25) is 4.90 Å². The normalized spacial score (nSPS) is 22.0. The quantitative estimate of drug-likeness (QED) is 0.870. The monoisotopic (exact) mass is 281 g/mol. The van der Waals surface area contributed by atoms with Crippen LogP contribution in [0.1, 0.15) is 5.56 Å². The van der Waals surface area contributed by atoms with Gasteiger partial charge < -0.3 is 9.84 Å². The van der Waals surface area contributed by atoms with Crippen molar-refractivity contribution in [1.29, 1.82) is 0 Å². The molecular weight excluding hydrogens is 266 g/mol. The number of fused-ring (bicyclic) bond motifs is 1. The minimum Gasteiger partial charge on any atom is -0.508 e. The summed E-state index contributed by atoms with van der Waals surface area (Å²) in [4.78, 5) is 2.44. The van der Waals surface area contributed by atoms with Gasteiger partial charge in [0.2, 0.25) is 9.84 Å². The maximum absolute atomic E-state index is 12.0. The van der Waals surface area contributed by atoms with Crippen molar-refractivity contribution < 1.29 is 18.3 Å². The predicted molar refractivity (Wildman–Crippen MR) is 70.5 cm³/mol. The number of ether oxygens (including phenoxy) is 1. The number of phenols is 1. The molecule has 0 amide bonds. The zero-order valence-corrected chi connectivity index (χ0v) is 11.2. The second kappa shape index (κ2) is 4.63. The van der Waals surface area contributed by atoms with E-state index in [1.165, 1.54) is 23.6 Å². The summed E-state index contributed by atoms with van der Waals surface area (Å²) >= 11 is 0. The zero-order chi connectivity index (χ0) is 13.5. The van der Waals surface area contributed by atoms with E-state index in [0.29, 0.717) is 25.3 Å². The van der Waals surface area contributed by atoms with Gasteiger partial charge in [-0.25, -0.2) is 8.42 Å². The van der Waals surface area contributed by atoms with Crippen LogP contribution in [-0.4, -0.2) is 51.3 Å². The van der Waals surface area contributed by atoms with E-state index in [-0.39, 0.29) is 10.6 Å². The van der Waals surface area contributed by atoms with Crippen LogP contribution in [0.2, 0.25) is 0 Å². The topological polar surface area (TPSA) is 66.8 Å². The van der Waals surface area contributed by atoms with E-state index in [1.54, 1.807) is 0 Å². The average molecular weight is 281 g/mol. The Balaban J connectivity index is 1.93. The molecule has 0 saturated carbocycles. The fourth-order valence-electron chi connectivity index (χ4n) is 2.45. The summed E-state index contributed by atoms with van der Waals surface area (Å²) in [5.74, 6) is 0.0868. The van der Waals surface area contributed by atoms with Crippen molar-refractivity contribution in [2.75, 3.05) is 32.8 Å². The standard InChI is InChI=1S/C13H15NO4S/c15-11-1-2-13-12(7-11)10(9-19(13,16)17)8-14-3-5-18-6-4-14/h1-2,7,9,15H,3-6,8H2. The minimum absolute atomic E-state index is 0.0868. The van der Waals surface area contributed by atoms with Crippen molar-refractivity contribution >= 4 is 15.4 Å². The third kappa shape index (κ3) is 2.39. The highest BCUT2D eigenvalue weighted by molar-refractivity contribution is 7.95. The number of rotatable bonds is 2. The van der Waals surface area contributed by atoms with Crippen molar-refractivity contribution in [3.05, 3.63) is 29.2 Å². The molecule has 1 aromatic rings. The molecule has 0 atom stereocenters. The number of benzene rings is 1. The lowest BCUT2D eigenvalue weighted by Gasteiger charge is -2.27. The smallest absolute Gasteiger partial charge is 0.200 e. The average Bonchev–Trinajstić information content (AvgIpc) is 2.62. The van der Waals surface area contributed by atoms with Crippen LogP contribution in [0.3, 0.4) is 0 Å². The van der Waals surface area contributed by atoms with Gasteiger partial charge in [0.15, 0.2) is 0 Å². The first-order valence-electron chi connectivity index (χ1n) is 6.15. The van der Waals surface area contributed by atoms with Gasteiger partial charge in [0.25, 0.3) is 0 Å². The summed E-state index contributed by atoms with van der Waals surface area (Å²) in [6.45, 7) is 3.51. The minimum atomic E-state index is -3.35. The molecule has 6 heteroatoms. The summed E-state index contributed by atoms with van der Waals surface area (Å²) < 4.78 is 29.3. The Kier molecular flexibility index (Phi) is 3.08. The maximum Gasteiger partial charge on any atom is 0.200 e. The van der Waals surface area contributed by atoms with Crippen LogP contribution >= 0.6 is 0 Å². The first kappa shape index (κ1) is 12.7. The molecule has 2 aliphatic rings. The van der Waals surface area contributed by atoms with E-state index in [1.807, 2.05) is 0 Å². The van der Waals surface area contributed by atoms with Crippen LogP contribution in [0.4, 0.5) is 0 Å². The Labute approximate surface area is 112 Å². The molecule has 1 aromatic carbocycles. The Morgan fingerprint density at radius 3 is 2.74 bits per heavy atom. The number of aromatic hydroxyl groups is 1. The lowest BCUT2D eigenvalue weighted by Crippen LogP contribution is -2.37. The van der Waals surface area contributed by atoms with Gasteiger partial charge in [0, 0.05) is 30.6 Å². The molecule has 1 saturated heterocycles. The summed E-state index contributed by atoms with van der Waals surface area (Å²) in [5.41, 5.74) is 1.36. The summed E-state index contributed by atoms with van der Waals surface area (Å²) in [5, 5.41) is 10.8. The molecule has 1 fully saturated rings. The number of morpholine rings is 1. The van der Waals surface area contributed by atoms with E-state index in [9.17, 15) is 13.5 Å². The lowest BCUT2D eigenvalue weighted by atomic mass is 10.1. The summed E-state index contributed by atoms with van der Waals surface area (Å²) in [6.07, 6.45) is 0. The van der Waals surface area contributed by atoms with Gasteiger partial charge in [0.1, 0.15) is 5.75 Å². The lowest BCUT2D eigenvalue weighted by molar-refractivity contribution is 0.0444. The molecule has 0 aromatic heterocycles. The largest absolute Gasteiger partial charge is 0.508 e. The van der Waals surface area contributed by atoms with E-state index in [0.717, 1.165) is 18.7 Å². The highest BCUT2D eigenvalue weighted by Gasteiger charge is 2.28. The molecule has 0 unspecified atom stereocenters. The highest BCUT2D eigenvalue weighted by atomic mass is 32.2.